The topological polar surface area (TPSA) is 109 Å². The molecular weight excluding hydrogens is 461 g/mol. The molecule has 1 saturated heterocycles. The summed E-state index contributed by atoms with van der Waals surface area (Å²) < 4.78 is 5.03. The van der Waals surface area contributed by atoms with Crippen LogP contribution in [0.1, 0.15) is 35.7 Å². The van der Waals surface area contributed by atoms with Gasteiger partial charge in [0.05, 0.1) is 6.61 Å². The number of aliphatic imine (C=N–C) groups is 1. The molecule has 0 radical (unpaired) electrons. The molecule has 1 aliphatic rings. The van der Waals surface area contributed by atoms with Crippen LogP contribution in [0.3, 0.4) is 0 Å². The molecule has 1 aliphatic heterocycles. The van der Waals surface area contributed by atoms with E-state index in [2.05, 4.69) is 15.6 Å². The summed E-state index contributed by atoms with van der Waals surface area (Å²) in [6, 6.07) is 7.39. The van der Waals surface area contributed by atoms with Gasteiger partial charge in [-0.15, -0.1) is 24.0 Å². The summed E-state index contributed by atoms with van der Waals surface area (Å²) in [5.74, 6) is 0.273. The van der Waals surface area contributed by atoms with Gasteiger partial charge in [0, 0.05) is 38.3 Å². The summed E-state index contributed by atoms with van der Waals surface area (Å²) in [6.07, 6.45) is 1.44. The third kappa shape index (κ3) is 7.24. The number of carbonyl (C=O) groups excluding carboxylic acids is 2. The number of hydrogen-bond donors (Lipinski definition) is 3. The van der Waals surface area contributed by atoms with Crippen LogP contribution in [-0.4, -0.2) is 55.6 Å². The first-order chi connectivity index (χ1) is 12.5. The first-order valence-electron chi connectivity index (χ1n) is 8.81. The molecule has 2 rings (SSSR count). The Bertz CT molecular complexity index is 643. The van der Waals surface area contributed by atoms with E-state index in [1.54, 1.807) is 24.1 Å². The van der Waals surface area contributed by atoms with Crippen molar-refractivity contribution in [2.24, 2.45) is 10.7 Å². The quantitative estimate of drug-likeness (QED) is 0.332. The molecule has 4 N–H and O–H groups in total. The highest BCUT2D eigenvalue weighted by atomic mass is 127. The van der Waals surface area contributed by atoms with Gasteiger partial charge in [0.2, 0.25) is 5.91 Å². The molecule has 0 spiro atoms. The number of nitrogens with two attached hydrogens (primary N) is 1. The second kappa shape index (κ2) is 11.6. The van der Waals surface area contributed by atoms with Crippen molar-refractivity contribution in [3.8, 4) is 0 Å². The molecule has 1 aromatic rings. The average Bonchev–Trinajstić information content (AvgIpc) is 2.66. The summed E-state index contributed by atoms with van der Waals surface area (Å²) in [5.41, 5.74) is 6.75. The van der Waals surface area contributed by atoms with Crippen LogP contribution in [0.25, 0.3) is 0 Å². The Balaban J connectivity index is 0.00000364. The van der Waals surface area contributed by atoms with Crippen LogP contribution in [0.4, 0.5) is 4.79 Å². The SMILES string of the molecule is CCOC(=O)N1CCC(NC(=NC)NCc2ccc(C(N)=O)cc2)CC1.I. The number of likely N-dealkylation sites (tertiary alicyclic amines) is 1. The van der Waals surface area contributed by atoms with E-state index in [1.165, 1.54) is 0 Å². The molecule has 0 atom stereocenters. The van der Waals surface area contributed by atoms with Crippen LogP contribution >= 0.6 is 24.0 Å². The van der Waals surface area contributed by atoms with Crippen molar-refractivity contribution in [1.82, 2.24) is 15.5 Å². The number of halogens is 1. The molecule has 150 valence electrons. The van der Waals surface area contributed by atoms with Crippen LogP contribution in [0.2, 0.25) is 0 Å². The van der Waals surface area contributed by atoms with Crippen molar-refractivity contribution in [2.45, 2.75) is 32.4 Å². The van der Waals surface area contributed by atoms with Crippen molar-refractivity contribution >= 4 is 41.9 Å². The molecule has 1 fully saturated rings. The zero-order chi connectivity index (χ0) is 18.9. The maximum absolute atomic E-state index is 11.7. The van der Waals surface area contributed by atoms with Crippen LogP contribution in [0.15, 0.2) is 29.3 Å². The Labute approximate surface area is 176 Å². The maximum Gasteiger partial charge on any atom is 0.409 e. The Morgan fingerprint density at radius 1 is 1.26 bits per heavy atom. The minimum Gasteiger partial charge on any atom is -0.450 e. The summed E-state index contributed by atoms with van der Waals surface area (Å²) in [5, 5.41) is 6.64. The van der Waals surface area contributed by atoms with Crippen LogP contribution in [0, 0.1) is 0 Å². The number of hydrogen-bond acceptors (Lipinski definition) is 4. The third-order valence-electron chi connectivity index (χ3n) is 4.28. The standard InChI is InChI=1S/C18H27N5O3.HI/c1-3-26-18(25)23-10-8-15(9-11-23)22-17(20-2)21-12-13-4-6-14(7-5-13)16(19)24;/h4-7,15H,3,8-12H2,1-2H3,(H2,19,24)(H2,20,21,22);1H. The first-order valence-corrected chi connectivity index (χ1v) is 8.81. The van der Waals surface area contributed by atoms with Gasteiger partial charge in [-0.1, -0.05) is 12.1 Å². The molecule has 1 heterocycles. The lowest BCUT2D eigenvalue weighted by molar-refractivity contribution is 0.0961. The highest BCUT2D eigenvalue weighted by Crippen LogP contribution is 2.11. The van der Waals surface area contributed by atoms with Gasteiger partial charge in [-0.25, -0.2) is 4.79 Å². The van der Waals surface area contributed by atoms with Crippen molar-refractivity contribution in [3.05, 3.63) is 35.4 Å². The molecule has 0 unspecified atom stereocenters. The molecule has 2 amide bonds. The fourth-order valence-electron chi connectivity index (χ4n) is 2.78. The minimum absolute atomic E-state index is 0. The van der Waals surface area contributed by atoms with Gasteiger partial charge >= 0.3 is 6.09 Å². The highest BCUT2D eigenvalue weighted by Gasteiger charge is 2.23. The number of guanidine groups is 1. The summed E-state index contributed by atoms with van der Waals surface area (Å²) in [7, 11) is 1.72. The predicted molar refractivity (Wildman–Crippen MR) is 115 cm³/mol. The number of carbonyl (C=O) groups is 2. The van der Waals surface area contributed by atoms with Crippen LogP contribution in [0.5, 0.6) is 0 Å². The molecule has 27 heavy (non-hydrogen) atoms. The van der Waals surface area contributed by atoms with Gasteiger partial charge in [0.25, 0.3) is 0 Å². The third-order valence-corrected chi connectivity index (χ3v) is 4.28. The Morgan fingerprint density at radius 2 is 1.89 bits per heavy atom. The number of nitrogens with one attached hydrogen (secondary N) is 2. The smallest absolute Gasteiger partial charge is 0.409 e. The van der Waals surface area contributed by atoms with E-state index < -0.39 is 5.91 Å². The zero-order valence-corrected chi connectivity index (χ0v) is 18.1. The second-order valence-electron chi connectivity index (χ2n) is 6.09. The number of benzene rings is 1. The molecule has 0 aliphatic carbocycles. The molecule has 9 heteroatoms. The number of primary amides is 1. The van der Waals surface area contributed by atoms with E-state index in [4.69, 9.17) is 10.5 Å². The molecular formula is C18H28IN5O3. The number of piperidine rings is 1. The van der Waals surface area contributed by atoms with E-state index in [0.717, 1.165) is 18.4 Å². The minimum atomic E-state index is -0.434. The van der Waals surface area contributed by atoms with Gasteiger partial charge in [0.15, 0.2) is 5.96 Å². The van der Waals surface area contributed by atoms with Gasteiger partial charge in [-0.05, 0) is 37.5 Å². The average molecular weight is 489 g/mol. The van der Waals surface area contributed by atoms with E-state index >= 15 is 0 Å². The summed E-state index contributed by atoms with van der Waals surface area (Å²) in [6.45, 7) is 4.13. The Morgan fingerprint density at radius 3 is 2.41 bits per heavy atom. The molecule has 0 saturated carbocycles. The lowest BCUT2D eigenvalue weighted by Crippen LogP contribution is -2.49. The highest BCUT2D eigenvalue weighted by molar-refractivity contribution is 14.0. The number of nitrogens with zero attached hydrogens (tertiary/aromatic N) is 2. The second-order valence-corrected chi connectivity index (χ2v) is 6.09. The Hall–Kier alpha value is -2.04. The van der Waals surface area contributed by atoms with Crippen LogP contribution < -0.4 is 16.4 Å². The number of rotatable bonds is 5. The predicted octanol–water partition coefficient (Wildman–Crippen LogP) is 1.69. The largest absolute Gasteiger partial charge is 0.450 e. The van der Waals surface area contributed by atoms with Crippen molar-refractivity contribution in [2.75, 3.05) is 26.7 Å². The molecule has 8 nitrogen and oxygen atoms in total. The van der Waals surface area contributed by atoms with Gasteiger partial charge in [0.1, 0.15) is 0 Å². The normalized spacial score (nSPS) is 14.9. The van der Waals surface area contributed by atoms with Crippen molar-refractivity contribution in [3.63, 3.8) is 0 Å². The van der Waals surface area contributed by atoms with E-state index in [1.807, 2.05) is 19.1 Å². The molecule has 0 aromatic heterocycles. The van der Waals surface area contributed by atoms with Gasteiger partial charge < -0.3 is 26.0 Å². The molecule has 0 bridgehead atoms. The van der Waals surface area contributed by atoms with E-state index in [0.29, 0.717) is 37.8 Å². The lowest BCUT2D eigenvalue weighted by Gasteiger charge is -2.32. The zero-order valence-electron chi connectivity index (χ0n) is 15.7. The number of amides is 2. The summed E-state index contributed by atoms with van der Waals surface area (Å²) in [4.78, 5) is 28.8. The summed E-state index contributed by atoms with van der Waals surface area (Å²) >= 11 is 0. The maximum atomic E-state index is 11.7. The lowest BCUT2D eigenvalue weighted by atomic mass is 10.1. The van der Waals surface area contributed by atoms with Gasteiger partial charge in [-0.3, -0.25) is 9.79 Å². The Kier molecular flexibility index (Phi) is 9.90. The van der Waals surface area contributed by atoms with Crippen molar-refractivity contribution in [1.29, 1.82) is 0 Å². The van der Waals surface area contributed by atoms with Gasteiger partial charge in [-0.2, -0.15) is 0 Å². The van der Waals surface area contributed by atoms with Crippen molar-refractivity contribution < 1.29 is 14.3 Å². The van der Waals surface area contributed by atoms with E-state index in [-0.39, 0.29) is 36.1 Å². The first kappa shape index (κ1) is 23.0. The fraction of sp³-hybridized carbons (Fsp3) is 0.500. The number of ether oxygens (including phenoxy) is 1. The van der Waals surface area contributed by atoms with Crippen LogP contribution in [-0.2, 0) is 11.3 Å². The van der Waals surface area contributed by atoms with E-state index in [9.17, 15) is 9.59 Å². The fourth-order valence-corrected chi connectivity index (χ4v) is 2.78. The monoisotopic (exact) mass is 489 g/mol. The molecule has 1 aromatic carbocycles.